The topological polar surface area (TPSA) is 111 Å². The molecule has 0 spiro atoms. The first-order valence-corrected chi connectivity index (χ1v) is 5.74. The summed E-state index contributed by atoms with van der Waals surface area (Å²) < 4.78 is 4.97. The Hall–Kier alpha value is -2.74. The Morgan fingerprint density at radius 2 is 1.75 bits per heavy atom. The molecule has 8 heteroatoms. The first-order valence-electron chi connectivity index (χ1n) is 5.74. The first-order chi connectivity index (χ1) is 9.58. The molecule has 1 N–H and O–H groups in total. The summed E-state index contributed by atoms with van der Waals surface area (Å²) in [5, 5.41) is 24.2. The number of benzene rings is 1. The lowest BCUT2D eigenvalue weighted by Gasteiger charge is -2.03. The monoisotopic (exact) mass is 277 g/mol. The highest BCUT2D eigenvalue weighted by molar-refractivity contribution is 5.39. The molecule has 2 aromatic rings. The molecule has 0 aliphatic rings. The molecule has 0 aliphatic carbocycles. The number of nitro groups is 2. The molecule has 0 unspecified atom stereocenters. The molecular formula is C12H11N3O5. The predicted molar refractivity (Wildman–Crippen MR) is 69.0 cm³/mol. The van der Waals surface area contributed by atoms with E-state index < -0.39 is 9.85 Å². The number of nitrogens with one attached hydrogen (secondary N) is 1. The Morgan fingerprint density at radius 3 is 2.40 bits per heavy atom. The van der Waals surface area contributed by atoms with E-state index in [1.807, 2.05) is 0 Å². The molecule has 0 saturated carbocycles. The van der Waals surface area contributed by atoms with Gasteiger partial charge in [0.15, 0.2) is 0 Å². The van der Waals surface area contributed by atoms with Crippen LogP contribution in [0.15, 0.2) is 40.8 Å². The van der Waals surface area contributed by atoms with E-state index in [1.54, 1.807) is 18.2 Å². The van der Waals surface area contributed by atoms with Crippen molar-refractivity contribution in [3.8, 4) is 0 Å². The van der Waals surface area contributed by atoms with Crippen molar-refractivity contribution in [2.75, 3.05) is 0 Å². The Bertz CT molecular complexity index is 638. The van der Waals surface area contributed by atoms with Gasteiger partial charge in [-0.3, -0.25) is 20.2 Å². The normalized spacial score (nSPS) is 10.4. The predicted octanol–water partition coefficient (Wildman–Crippen LogP) is 2.39. The second kappa shape index (κ2) is 5.93. The van der Waals surface area contributed by atoms with Crippen molar-refractivity contribution in [3.05, 3.63) is 68.0 Å². The Balaban J connectivity index is 1.96. The van der Waals surface area contributed by atoms with E-state index in [2.05, 4.69) is 5.32 Å². The molecule has 0 amide bonds. The van der Waals surface area contributed by atoms with Gasteiger partial charge in [-0.2, -0.15) is 0 Å². The fourth-order valence-electron chi connectivity index (χ4n) is 1.72. The molecule has 0 radical (unpaired) electrons. The zero-order valence-corrected chi connectivity index (χ0v) is 10.3. The number of furan rings is 1. The van der Waals surface area contributed by atoms with Crippen molar-refractivity contribution in [3.63, 3.8) is 0 Å². The molecule has 0 atom stereocenters. The molecule has 2 rings (SSSR count). The van der Waals surface area contributed by atoms with E-state index in [0.717, 1.165) is 0 Å². The Labute approximate surface area is 113 Å². The number of nitrogens with zero attached hydrogens (tertiary/aromatic N) is 2. The molecular weight excluding hydrogens is 266 g/mol. The summed E-state index contributed by atoms with van der Waals surface area (Å²) in [6.07, 6.45) is 0. The van der Waals surface area contributed by atoms with E-state index in [4.69, 9.17) is 4.42 Å². The van der Waals surface area contributed by atoms with Crippen LogP contribution in [0.1, 0.15) is 11.3 Å². The van der Waals surface area contributed by atoms with Crippen LogP contribution >= 0.6 is 0 Å². The molecule has 0 bridgehead atoms. The highest BCUT2D eigenvalue weighted by Gasteiger charge is 2.13. The van der Waals surface area contributed by atoms with Crippen LogP contribution in [0.5, 0.6) is 0 Å². The van der Waals surface area contributed by atoms with E-state index in [0.29, 0.717) is 11.3 Å². The highest BCUT2D eigenvalue weighted by atomic mass is 16.6. The van der Waals surface area contributed by atoms with Crippen molar-refractivity contribution in [1.29, 1.82) is 0 Å². The molecule has 1 aromatic heterocycles. The van der Waals surface area contributed by atoms with Crippen LogP contribution in [0.3, 0.4) is 0 Å². The van der Waals surface area contributed by atoms with Gasteiger partial charge in [-0.15, -0.1) is 0 Å². The molecule has 104 valence electrons. The molecule has 1 heterocycles. The fraction of sp³-hybridized carbons (Fsp3) is 0.167. The lowest BCUT2D eigenvalue weighted by molar-refractivity contribution is -0.402. The SMILES string of the molecule is O=[N+]([O-])c1ccc(CNCc2ccccc2[N+](=O)[O-])o1. The molecule has 0 fully saturated rings. The van der Waals surface area contributed by atoms with Gasteiger partial charge in [0.1, 0.15) is 10.7 Å². The largest absolute Gasteiger partial charge is 0.433 e. The Morgan fingerprint density at radius 1 is 1.00 bits per heavy atom. The van der Waals surface area contributed by atoms with E-state index in [-0.39, 0.29) is 24.7 Å². The summed E-state index contributed by atoms with van der Waals surface area (Å²) in [5.74, 6) is 0.0720. The number of para-hydroxylation sites is 1. The average Bonchev–Trinajstić information content (AvgIpc) is 2.88. The second-order valence-corrected chi connectivity index (χ2v) is 3.99. The third-order valence-corrected chi connectivity index (χ3v) is 2.63. The summed E-state index contributed by atoms with van der Waals surface area (Å²) in [7, 11) is 0. The van der Waals surface area contributed by atoms with Crippen molar-refractivity contribution >= 4 is 11.6 Å². The van der Waals surface area contributed by atoms with Crippen LogP contribution in [0.4, 0.5) is 11.6 Å². The Kier molecular flexibility index (Phi) is 4.06. The lowest BCUT2D eigenvalue weighted by Crippen LogP contribution is -2.13. The second-order valence-electron chi connectivity index (χ2n) is 3.99. The fourth-order valence-corrected chi connectivity index (χ4v) is 1.72. The van der Waals surface area contributed by atoms with Gasteiger partial charge in [0.2, 0.25) is 0 Å². The lowest BCUT2D eigenvalue weighted by atomic mass is 10.2. The molecule has 0 aliphatic heterocycles. The van der Waals surface area contributed by atoms with Crippen LogP contribution < -0.4 is 5.32 Å². The van der Waals surface area contributed by atoms with Crippen molar-refractivity contribution < 1.29 is 14.3 Å². The van der Waals surface area contributed by atoms with Crippen LogP contribution in [0.2, 0.25) is 0 Å². The average molecular weight is 277 g/mol. The minimum Gasteiger partial charge on any atom is -0.404 e. The van der Waals surface area contributed by atoms with Gasteiger partial charge in [-0.05, 0) is 6.07 Å². The molecule has 0 saturated heterocycles. The third kappa shape index (κ3) is 3.18. The zero-order chi connectivity index (χ0) is 14.5. The zero-order valence-electron chi connectivity index (χ0n) is 10.3. The summed E-state index contributed by atoms with van der Waals surface area (Å²) >= 11 is 0. The smallest absolute Gasteiger partial charge is 0.404 e. The maximum Gasteiger partial charge on any atom is 0.433 e. The summed E-state index contributed by atoms with van der Waals surface area (Å²) in [6.45, 7) is 0.519. The van der Waals surface area contributed by atoms with Crippen molar-refractivity contribution in [2.24, 2.45) is 0 Å². The minimum atomic E-state index is -0.620. The van der Waals surface area contributed by atoms with Crippen LogP contribution in [-0.4, -0.2) is 9.85 Å². The van der Waals surface area contributed by atoms with Crippen molar-refractivity contribution in [2.45, 2.75) is 13.1 Å². The van der Waals surface area contributed by atoms with Gasteiger partial charge in [-0.25, -0.2) is 0 Å². The highest BCUT2D eigenvalue weighted by Crippen LogP contribution is 2.18. The summed E-state index contributed by atoms with van der Waals surface area (Å²) in [6, 6.07) is 9.14. The molecule has 1 aromatic carbocycles. The van der Waals surface area contributed by atoms with Gasteiger partial charge in [0, 0.05) is 18.2 Å². The van der Waals surface area contributed by atoms with Gasteiger partial charge in [0.25, 0.3) is 5.69 Å². The van der Waals surface area contributed by atoms with Crippen LogP contribution in [-0.2, 0) is 13.1 Å². The standard InChI is InChI=1S/C12H11N3O5/c16-14(17)11-4-2-1-3-9(11)7-13-8-10-5-6-12(20-10)15(18)19/h1-6,13H,7-8H2. The number of rotatable bonds is 6. The number of hydrogen-bond acceptors (Lipinski definition) is 6. The molecule has 20 heavy (non-hydrogen) atoms. The first kappa shape index (κ1) is 13.7. The molecule has 8 nitrogen and oxygen atoms in total. The number of nitro benzene ring substituents is 1. The van der Waals surface area contributed by atoms with Crippen LogP contribution in [0.25, 0.3) is 0 Å². The summed E-state index contributed by atoms with van der Waals surface area (Å²) in [4.78, 5) is 20.2. The van der Waals surface area contributed by atoms with E-state index >= 15 is 0 Å². The van der Waals surface area contributed by atoms with Gasteiger partial charge >= 0.3 is 5.88 Å². The van der Waals surface area contributed by atoms with E-state index in [1.165, 1.54) is 18.2 Å². The quantitative estimate of drug-likeness (QED) is 0.640. The van der Waals surface area contributed by atoms with E-state index in [9.17, 15) is 20.2 Å². The van der Waals surface area contributed by atoms with Crippen LogP contribution in [0, 0.1) is 20.2 Å². The third-order valence-electron chi connectivity index (χ3n) is 2.63. The number of hydrogen-bond donors (Lipinski definition) is 1. The van der Waals surface area contributed by atoms with Gasteiger partial charge in [0.05, 0.1) is 17.5 Å². The summed E-state index contributed by atoms with van der Waals surface area (Å²) in [5.41, 5.74) is 0.573. The van der Waals surface area contributed by atoms with Gasteiger partial charge < -0.3 is 9.73 Å². The van der Waals surface area contributed by atoms with Gasteiger partial charge in [-0.1, -0.05) is 18.2 Å². The maximum atomic E-state index is 10.8. The van der Waals surface area contributed by atoms with Crippen molar-refractivity contribution in [1.82, 2.24) is 5.32 Å². The maximum absolute atomic E-state index is 10.8. The minimum absolute atomic E-state index is 0.0328.